The maximum absolute atomic E-state index is 11.3. The van der Waals surface area contributed by atoms with Crippen LogP contribution in [0.3, 0.4) is 0 Å². The van der Waals surface area contributed by atoms with Crippen LogP contribution in [0.25, 0.3) is 0 Å². The topological polar surface area (TPSA) is 74.6 Å². The van der Waals surface area contributed by atoms with Gasteiger partial charge < -0.3 is 10.2 Å². The average Bonchev–Trinajstić information content (AvgIpc) is 3.46. The van der Waals surface area contributed by atoms with Crippen LogP contribution in [-0.4, -0.2) is 22.2 Å². The van der Waals surface area contributed by atoms with Crippen LogP contribution in [0.4, 0.5) is 0 Å². The first kappa shape index (κ1) is 25.4. The lowest BCUT2D eigenvalue weighted by Gasteiger charge is -2.18. The van der Waals surface area contributed by atoms with Gasteiger partial charge in [0.1, 0.15) is 0 Å². The first-order valence-electron chi connectivity index (χ1n) is 12.1. The molecular formula is C27H42O4. The highest BCUT2D eigenvalue weighted by atomic mass is 16.4. The van der Waals surface area contributed by atoms with Gasteiger partial charge in [0.2, 0.25) is 0 Å². The van der Waals surface area contributed by atoms with E-state index in [0.29, 0.717) is 0 Å². The Hall–Kier alpha value is -1.84. The monoisotopic (exact) mass is 430 g/mol. The zero-order valence-corrected chi connectivity index (χ0v) is 20.1. The Labute approximate surface area is 188 Å². The molecule has 0 bridgehead atoms. The number of rotatable bonds is 15. The molecule has 0 aromatic heterocycles. The van der Waals surface area contributed by atoms with Crippen LogP contribution < -0.4 is 0 Å². The predicted octanol–water partition coefficient (Wildman–Crippen LogP) is 6.87. The smallest absolute Gasteiger partial charge is 0.309 e. The maximum atomic E-state index is 11.3. The molecule has 1 aliphatic carbocycles. The second-order valence-electron chi connectivity index (χ2n) is 10.5. The maximum Gasteiger partial charge on any atom is 0.309 e. The minimum atomic E-state index is -0.706. The van der Waals surface area contributed by atoms with Gasteiger partial charge in [-0.2, -0.15) is 0 Å². The molecule has 0 amide bonds. The Kier molecular flexibility index (Phi) is 9.14. The van der Waals surface area contributed by atoms with Gasteiger partial charge in [-0.3, -0.25) is 9.59 Å². The number of hydrogen-bond donors (Lipinski definition) is 2. The van der Waals surface area contributed by atoms with E-state index in [1.807, 2.05) is 13.8 Å². The zero-order valence-electron chi connectivity index (χ0n) is 20.1. The third-order valence-corrected chi connectivity index (χ3v) is 7.18. The van der Waals surface area contributed by atoms with E-state index in [0.717, 1.165) is 83.5 Å². The van der Waals surface area contributed by atoms with Gasteiger partial charge in [0, 0.05) is 0 Å². The summed E-state index contributed by atoms with van der Waals surface area (Å²) in [4.78, 5) is 22.5. The van der Waals surface area contributed by atoms with Crippen molar-refractivity contribution in [2.75, 3.05) is 0 Å². The van der Waals surface area contributed by atoms with Gasteiger partial charge >= 0.3 is 11.9 Å². The third-order valence-electron chi connectivity index (χ3n) is 7.18. The molecule has 0 heterocycles. The standard InChI is InChI=1S/C27H42O4/c1-20-18-21(2)23(13-9-5-6-10-14-26(3,4)24(28)29)22(19-20)12-8-7-11-15-27(16-17-27)25(30)31/h18-19H,5-17H2,1-4H3,(H,28,29)(H,30,31). The number of carboxylic acid groups (broad SMARTS) is 2. The molecule has 4 nitrogen and oxygen atoms in total. The summed E-state index contributed by atoms with van der Waals surface area (Å²) in [5.41, 5.74) is 4.64. The fourth-order valence-corrected chi connectivity index (χ4v) is 4.67. The summed E-state index contributed by atoms with van der Waals surface area (Å²) in [5.74, 6) is -1.31. The lowest BCUT2D eigenvalue weighted by Crippen LogP contribution is -2.23. The van der Waals surface area contributed by atoms with E-state index in [-0.39, 0.29) is 5.41 Å². The van der Waals surface area contributed by atoms with Crippen molar-refractivity contribution in [3.63, 3.8) is 0 Å². The summed E-state index contributed by atoms with van der Waals surface area (Å²) in [6, 6.07) is 4.61. The van der Waals surface area contributed by atoms with Crippen molar-refractivity contribution in [1.29, 1.82) is 0 Å². The molecule has 2 N–H and O–H groups in total. The van der Waals surface area contributed by atoms with Gasteiger partial charge in [-0.1, -0.05) is 49.8 Å². The van der Waals surface area contributed by atoms with E-state index in [1.165, 1.54) is 22.3 Å². The van der Waals surface area contributed by atoms with Gasteiger partial charge in [0.05, 0.1) is 10.8 Å². The molecule has 0 atom stereocenters. The molecule has 2 rings (SSSR count). The summed E-state index contributed by atoms with van der Waals surface area (Å²) >= 11 is 0. The number of unbranched alkanes of at least 4 members (excludes halogenated alkanes) is 5. The molecule has 0 radical (unpaired) electrons. The minimum absolute atomic E-state index is 0.384. The van der Waals surface area contributed by atoms with Crippen LogP contribution in [0, 0.1) is 24.7 Å². The van der Waals surface area contributed by atoms with E-state index in [9.17, 15) is 19.8 Å². The molecule has 1 saturated carbocycles. The summed E-state index contributed by atoms with van der Waals surface area (Å²) in [7, 11) is 0. The molecule has 174 valence electrons. The Balaban J connectivity index is 1.76. The number of carbonyl (C=O) groups is 2. The van der Waals surface area contributed by atoms with E-state index >= 15 is 0 Å². The van der Waals surface area contributed by atoms with E-state index in [1.54, 1.807) is 0 Å². The second-order valence-corrected chi connectivity index (χ2v) is 10.5. The van der Waals surface area contributed by atoms with E-state index in [2.05, 4.69) is 26.0 Å². The molecule has 0 unspecified atom stereocenters. The van der Waals surface area contributed by atoms with Crippen molar-refractivity contribution in [3.05, 3.63) is 34.4 Å². The molecule has 1 aliphatic rings. The van der Waals surface area contributed by atoms with E-state index in [4.69, 9.17) is 0 Å². The Morgan fingerprint density at radius 2 is 1.52 bits per heavy atom. The first-order valence-corrected chi connectivity index (χ1v) is 12.1. The largest absolute Gasteiger partial charge is 0.481 e. The number of benzene rings is 1. The molecule has 1 fully saturated rings. The summed E-state index contributed by atoms with van der Waals surface area (Å²) < 4.78 is 0. The molecule has 31 heavy (non-hydrogen) atoms. The van der Waals surface area contributed by atoms with Crippen LogP contribution >= 0.6 is 0 Å². The van der Waals surface area contributed by atoms with Crippen molar-refractivity contribution in [2.24, 2.45) is 10.8 Å². The average molecular weight is 431 g/mol. The van der Waals surface area contributed by atoms with Crippen LogP contribution in [0.15, 0.2) is 12.1 Å². The predicted molar refractivity (Wildman–Crippen MR) is 126 cm³/mol. The molecular weight excluding hydrogens is 388 g/mol. The number of aliphatic carboxylic acids is 2. The number of carboxylic acids is 2. The van der Waals surface area contributed by atoms with E-state index < -0.39 is 17.4 Å². The van der Waals surface area contributed by atoms with Crippen LogP contribution in [0.2, 0.25) is 0 Å². The van der Waals surface area contributed by atoms with Gasteiger partial charge in [-0.15, -0.1) is 0 Å². The summed E-state index contributed by atoms with van der Waals surface area (Å²) in [5, 5.41) is 18.5. The van der Waals surface area contributed by atoms with Crippen LogP contribution in [-0.2, 0) is 22.4 Å². The van der Waals surface area contributed by atoms with Gasteiger partial charge in [-0.25, -0.2) is 0 Å². The highest BCUT2D eigenvalue weighted by Gasteiger charge is 2.49. The van der Waals surface area contributed by atoms with Gasteiger partial charge in [-0.05, 0) is 95.8 Å². The fraction of sp³-hybridized carbons (Fsp3) is 0.704. The molecule has 4 heteroatoms. The van der Waals surface area contributed by atoms with Crippen molar-refractivity contribution < 1.29 is 19.8 Å². The highest BCUT2D eigenvalue weighted by Crippen LogP contribution is 2.50. The van der Waals surface area contributed by atoms with Crippen molar-refractivity contribution in [3.8, 4) is 0 Å². The van der Waals surface area contributed by atoms with Crippen LogP contribution in [0.1, 0.15) is 107 Å². The second kappa shape index (κ2) is 11.2. The molecule has 0 aliphatic heterocycles. The highest BCUT2D eigenvalue weighted by molar-refractivity contribution is 5.77. The molecule has 0 spiro atoms. The Morgan fingerprint density at radius 3 is 2.13 bits per heavy atom. The Morgan fingerprint density at radius 1 is 0.903 bits per heavy atom. The summed E-state index contributed by atoms with van der Waals surface area (Å²) in [6.07, 6.45) is 13.0. The number of hydrogen-bond acceptors (Lipinski definition) is 2. The fourth-order valence-electron chi connectivity index (χ4n) is 4.67. The normalized spacial score (nSPS) is 15.1. The summed E-state index contributed by atoms with van der Waals surface area (Å²) in [6.45, 7) is 7.99. The lowest BCUT2D eigenvalue weighted by atomic mass is 9.86. The first-order chi connectivity index (χ1) is 14.6. The minimum Gasteiger partial charge on any atom is -0.481 e. The van der Waals surface area contributed by atoms with Crippen molar-refractivity contribution in [2.45, 2.75) is 111 Å². The lowest BCUT2D eigenvalue weighted by molar-refractivity contribution is -0.147. The molecule has 1 aromatic rings. The van der Waals surface area contributed by atoms with Gasteiger partial charge in [0.25, 0.3) is 0 Å². The Bertz CT molecular complexity index is 759. The van der Waals surface area contributed by atoms with Gasteiger partial charge in [0.15, 0.2) is 0 Å². The number of aryl methyl sites for hydroxylation is 3. The molecule has 1 aromatic carbocycles. The van der Waals surface area contributed by atoms with Crippen LogP contribution in [0.5, 0.6) is 0 Å². The SMILES string of the molecule is Cc1cc(C)c(CCCCCCC(C)(C)C(=O)O)c(CCCCCC2(C(=O)O)CC2)c1. The molecule has 0 saturated heterocycles. The third kappa shape index (κ3) is 7.66. The van der Waals surface area contributed by atoms with Crippen molar-refractivity contribution >= 4 is 11.9 Å². The zero-order chi connectivity index (χ0) is 23.1. The quantitative estimate of drug-likeness (QED) is 0.298. The van der Waals surface area contributed by atoms with Crippen molar-refractivity contribution in [1.82, 2.24) is 0 Å².